The van der Waals surface area contributed by atoms with Crippen molar-refractivity contribution in [1.29, 1.82) is 0 Å². The molecule has 1 aliphatic carbocycles. The molecule has 0 saturated heterocycles. The van der Waals surface area contributed by atoms with Crippen molar-refractivity contribution in [1.82, 2.24) is 4.72 Å². The first-order chi connectivity index (χ1) is 7.87. The van der Waals surface area contributed by atoms with Crippen molar-refractivity contribution >= 4 is 21.4 Å². The zero-order valence-electron chi connectivity index (χ0n) is 10.1. The largest absolute Gasteiger partial charge is 0.326 e. The fourth-order valence-electron chi connectivity index (χ4n) is 1.93. The van der Waals surface area contributed by atoms with Crippen LogP contribution in [0.2, 0.25) is 0 Å². The lowest BCUT2D eigenvalue weighted by atomic mass is 10.1. The van der Waals surface area contributed by atoms with Crippen molar-refractivity contribution in [3.63, 3.8) is 0 Å². The maximum Gasteiger partial charge on any atom is 0.241 e. The molecule has 1 fully saturated rings. The van der Waals surface area contributed by atoms with Crippen LogP contribution in [0.15, 0.2) is 16.3 Å². The second-order valence-corrected chi connectivity index (χ2v) is 7.89. The molecule has 3 N–H and O–H groups in total. The molecule has 0 bridgehead atoms. The highest BCUT2D eigenvalue weighted by Crippen LogP contribution is 2.51. The molecule has 0 spiro atoms. The number of nitrogens with one attached hydrogen (secondary N) is 1. The summed E-state index contributed by atoms with van der Waals surface area (Å²) < 4.78 is 26.8. The first kappa shape index (κ1) is 13.0. The number of nitrogens with two attached hydrogens (primary N) is 1. The average molecular weight is 274 g/mol. The fourth-order valence-corrected chi connectivity index (χ4v) is 4.34. The minimum Gasteiger partial charge on any atom is -0.326 e. The lowest BCUT2D eigenvalue weighted by Crippen LogP contribution is -2.27. The minimum atomic E-state index is -3.38. The van der Waals surface area contributed by atoms with Gasteiger partial charge in [-0.2, -0.15) is 0 Å². The number of hydrogen-bond donors (Lipinski definition) is 2. The quantitative estimate of drug-likeness (QED) is 0.855. The van der Waals surface area contributed by atoms with Gasteiger partial charge < -0.3 is 5.73 Å². The summed E-state index contributed by atoms with van der Waals surface area (Å²) in [6.07, 6.45) is 1.09. The Balaban J connectivity index is 2.05. The van der Waals surface area contributed by atoms with Crippen molar-refractivity contribution in [2.45, 2.75) is 31.7 Å². The van der Waals surface area contributed by atoms with E-state index in [1.165, 1.54) is 11.3 Å². The van der Waals surface area contributed by atoms with Crippen LogP contribution in [-0.2, 0) is 16.6 Å². The Kier molecular flexibility index (Phi) is 3.33. The highest BCUT2D eigenvalue weighted by molar-refractivity contribution is 7.89. The fraction of sp³-hybridized carbons (Fsp3) is 0.636. The SMILES string of the molecule is CC1(C)CC1CNS(=O)(=O)c1ccsc1CN. The van der Waals surface area contributed by atoms with E-state index in [9.17, 15) is 8.42 Å². The Morgan fingerprint density at radius 3 is 2.76 bits per heavy atom. The molecule has 4 nitrogen and oxygen atoms in total. The molecule has 1 aromatic heterocycles. The third-order valence-corrected chi connectivity index (χ3v) is 6.00. The van der Waals surface area contributed by atoms with Gasteiger partial charge in [0.2, 0.25) is 10.0 Å². The van der Waals surface area contributed by atoms with E-state index >= 15 is 0 Å². The van der Waals surface area contributed by atoms with Crippen LogP contribution in [0.1, 0.15) is 25.1 Å². The number of rotatable bonds is 5. The van der Waals surface area contributed by atoms with Crippen LogP contribution >= 0.6 is 11.3 Å². The van der Waals surface area contributed by atoms with Crippen LogP contribution < -0.4 is 10.5 Å². The Bertz CT molecular complexity index is 505. The first-order valence-electron chi connectivity index (χ1n) is 5.63. The second-order valence-electron chi connectivity index (χ2n) is 5.15. The van der Waals surface area contributed by atoms with Gasteiger partial charge in [-0.3, -0.25) is 0 Å². The molecule has 1 aliphatic rings. The highest BCUT2D eigenvalue weighted by atomic mass is 32.2. The van der Waals surface area contributed by atoms with Crippen LogP contribution in [0.4, 0.5) is 0 Å². The number of hydrogen-bond acceptors (Lipinski definition) is 4. The van der Waals surface area contributed by atoms with E-state index in [0.717, 1.165) is 6.42 Å². The zero-order valence-corrected chi connectivity index (χ0v) is 11.7. The van der Waals surface area contributed by atoms with E-state index in [1.807, 2.05) is 0 Å². The molecule has 1 unspecified atom stereocenters. The van der Waals surface area contributed by atoms with Gasteiger partial charge in [0.05, 0.1) is 4.90 Å². The normalized spacial score (nSPS) is 22.6. The molecule has 0 radical (unpaired) electrons. The first-order valence-corrected chi connectivity index (χ1v) is 7.99. The summed E-state index contributed by atoms with van der Waals surface area (Å²) in [5.74, 6) is 0.456. The van der Waals surface area contributed by atoms with Gasteiger partial charge in [0.25, 0.3) is 0 Å². The average Bonchev–Trinajstić information content (AvgIpc) is 2.66. The Morgan fingerprint density at radius 2 is 2.24 bits per heavy atom. The molecule has 1 aromatic rings. The molecule has 1 heterocycles. The molecule has 96 valence electrons. The predicted molar refractivity (Wildman–Crippen MR) is 69.3 cm³/mol. The summed E-state index contributed by atoms with van der Waals surface area (Å²) >= 11 is 1.38. The van der Waals surface area contributed by atoms with E-state index in [2.05, 4.69) is 18.6 Å². The minimum absolute atomic E-state index is 0.267. The molecule has 1 saturated carbocycles. The molecule has 6 heteroatoms. The maximum atomic E-state index is 12.1. The van der Waals surface area contributed by atoms with Gasteiger partial charge in [0, 0.05) is 18.0 Å². The topological polar surface area (TPSA) is 72.2 Å². The molecule has 2 rings (SSSR count). The third kappa shape index (κ3) is 2.70. The van der Waals surface area contributed by atoms with E-state index in [0.29, 0.717) is 22.2 Å². The molecule has 0 amide bonds. The zero-order chi connectivity index (χ0) is 12.7. The summed E-state index contributed by atoms with van der Waals surface area (Å²) in [6, 6.07) is 1.62. The van der Waals surface area contributed by atoms with Crippen molar-refractivity contribution in [2.24, 2.45) is 17.1 Å². The summed E-state index contributed by atoms with van der Waals surface area (Å²) in [5, 5.41) is 1.76. The number of thiophene rings is 1. The molecule has 0 aromatic carbocycles. The molecule has 17 heavy (non-hydrogen) atoms. The van der Waals surface area contributed by atoms with Gasteiger partial charge in [0.1, 0.15) is 0 Å². The van der Waals surface area contributed by atoms with Gasteiger partial charge in [-0.1, -0.05) is 13.8 Å². The highest BCUT2D eigenvalue weighted by Gasteiger charge is 2.45. The maximum absolute atomic E-state index is 12.1. The van der Waals surface area contributed by atoms with Crippen LogP contribution in [-0.4, -0.2) is 15.0 Å². The van der Waals surface area contributed by atoms with Crippen LogP contribution in [0, 0.1) is 11.3 Å². The van der Waals surface area contributed by atoms with Crippen molar-refractivity contribution in [2.75, 3.05) is 6.54 Å². The van der Waals surface area contributed by atoms with Gasteiger partial charge in [-0.15, -0.1) is 11.3 Å². The lowest BCUT2D eigenvalue weighted by molar-refractivity contribution is 0.537. The summed E-state index contributed by atoms with van der Waals surface area (Å²) in [4.78, 5) is 1.05. The monoisotopic (exact) mass is 274 g/mol. The van der Waals surface area contributed by atoms with Crippen LogP contribution in [0.3, 0.4) is 0 Å². The Hall–Kier alpha value is -0.430. The molecule has 0 aliphatic heterocycles. The summed E-state index contributed by atoms with van der Waals surface area (Å²) in [7, 11) is -3.38. The number of sulfonamides is 1. The molecular formula is C11H18N2O2S2. The van der Waals surface area contributed by atoms with Gasteiger partial charge in [0.15, 0.2) is 0 Å². The van der Waals surface area contributed by atoms with E-state index in [1.54, 1.807) is 11.4 Å². The predicted octanol–water partition coefficient (Wildman–Crippen LogP) is 1.53. The molecule has 1 atom stereocenters. The Labute approximate surface area is 106 Å². The van der Waals surface area contributed by atoms with Crippen molar-refractivity contribution in [3.05, 3.63) is 16.3 Å². The van der Waals surface area contributed by atoms with Crippen LogP contribution in [0.5, 0.6) is 0 Å². The lowest BCUT2D eigenvalue weighted by Gasteiger charge is -2.07. The van der Waals surface area contributed by atoms with Gasteiger partial charge >= 0.3 is 0 Å². The molecular weight excluding hydrogens is 256 g/mol. The van der Waals surface area contributed by atoms with Crippen molar-refractivity contribution < 1.29 is 8.42 Å². The summed E-state index contributed by atoms with van der Waals surface area (Å²) in [5.41, 5.74) is 5.81. The second kappa shape index (κ2) is 4.35. The van der Waals surface area contributed by atoms with E-state index < -0.39 is 10.0 Å². The smallest absolute Gasteiger partial charge is 0.241 e. The van der Waals surface area contributed by atoms with E-state index in [4.69, 9.17) is 5.73 Å². The Morgan fingerprint density at radius 1 is 1.59 bits per heavy atom. The van der Waals surface area contributed by atoms with Gasteiger partial charge in [-0.25, -0.2) is 13.1 Å². The third-order valence-electron chi connectivity index (χ3n) is 3.42. The van der Waals surface area contributed by atoms with Crippen LogP contribution in [0.25, 0.3) is 0 Å². The van der Waals surface area contributed by atoms with Crippen molar-refractivity contribution in [3.8, 4) is 0 Å². The van der Waals surface area contributed by atoms with Gasteiger partial charge in [-0.05, 0) is 29.2 Å². The van der Waals surface area contributed by atoms with E-state index in [-0.39, 0.29) is 12.0 Å². The summed E-state index contributed by atoms with van der Waals surface area (Å²) in [6.45, 7) is 5.10. The standard InChI is InChI=1S/C11H18N2O2S2/c1-11(2)5-8(11)7-13-17(14,15)10-3-4-16-9(10)6-12/h3-4,8,13H,5-7,12H2,1-2H3.